The van der Waals surface area contributed by atoms with Crippen LogP contribution in [-0.2, 0) is 10.0 Å². The van der Waals surface area contributed by atoms with Gasteiger partial charge in [-0.25, -0.2) is 13.1 Å². The predicted molar refractivity (Wildman–Crippen MR) is 119 cm³/mol. The Morgan fingerprint density at radius 3 is 2.62 bits per heavy atom. The summed E-state index contributed by atoms with van der Waals surface area (Å²) < 4.78 is 26.7. The number of hydrogen-bond acceptors (Lipinski definition) is 3. The van der Waals surface area contributed by atoms with Gasteiger partial charge >= 0.3 is 0 Å². The first-order chi connectivity index (χ1) is 11.9. The Bertz CT molecular complexity index is 696. The second-order valence-corrected chi connectivity index (χ2v) is 8.68. The van der Waals surface area contributed by atoms with Gasteiger partial charge in [-0.1, -0.05) is 36.2 Å². The third kappa shape index (κ3) is 7.58. The van der Waals surface area contributed by atoms with Crippen molar-refractivity contribution in [1.29, 1.82) is 0 Å². The summed E-state index contributed by atoms with van der Waals surface area (Å²) in [7, 11) is -1.61. The van der Waals surface area contributed by atoms with Gasteiger partial charge in [-0.15, -0.1) is 24.0 Å². The van der Waals surface area contributed by atoms with Crippen molar-refractivity contribution < 1.29 is 8.42 Å². The summed E-state index contributed by atoms with van der Waals surface area (Å²) in [6.45, 7) is 2.82. The van der Waals surface area contributed by atoms with Crippen molar-refractivity contribution >= 4 is 51.6 Å². The first kappa shape index (κ1) is 23.5. The van der Waals surface area contributed by atoms with E-state index in [0.29, 0.717) is 23.4 Å². The van der Waals surface area contributed by atoms with Crippen molar-refractivity contribution in [2.75, 3.05) is 25.9 Å². The van der Waals surface area contributed by atoms with E-state index in [1.54, 1.807) is 7.05 Å². The van der Waals surface area contributed by atoms with Crippen LogP contribution in [0.3, 0.4) is 0 Å². The molecule has 6 nitrogen and oxygen atoms in total. The minimum Gasteiger partial charge on any atom is -0.355 e. The second kappa shape index (κ2) is 11.3. The van der Waals surface area contributed by atoms with Crippen molar-refractivity contribution in [3.8, 4) is 0 Å². The average Bonchev–Trinajstić information content (AvgIpc) is 2.52. The van der Waals surface area contributed by atoms with Gasteiger partial charge < -0.3 is 10.6 Å². The molecule has 1 atom stereocenters. The van der Waals surface area contributed by atoms with E-state index in [9.17, 15) is 8.42 Å². The smallest absolute Gasteiger partial charge is 0.213 e. The molecule has 0 bridgehead atoms. The van der Waals surface area contributed by atoms with Crippen LogP contribution in [-0.4, -0.2) is 40.3 Å². The summed E-state index contributed by atoms with van der Waals surface area (Å²) >= 11 is 6.20. The van der Waals surface area contributed by atoms with Gasteiger partial charge in [0.1, 0.15) is 0 Å². The minimum absolute atomic E-state index is 0. The van der Waals surface area contributed by atoms with E-state index in [4.69, 9.17) is 11.6 Å². The zero-order valence-electron chi connectivity index (χ0n) is 15.2. The number of guanidine groups is 1. The normalized spacial score (nSPS) is 16.3. The molecule has 148 valence electrons. The molecule has 0 heterocycles. The molecule has 0 aliphatic heterocycles. The standard InChI is InChI=1S/C17H27ClN4O2S.HI/c1-13(15-8-3-4-9-16(15)18)22-17(19-2)20-10-11-25(23,24)21-12-14-6-5-7-14;/h3-4,8-9,13-14,21H,5-7,10-12H2,1-2H3,(H2,19,20,22);1H. The van der Waals surface area contributed by atoms with Crippen LogP contribution in [0.4, 0.5) is 0 Å². The Balaban J connectivity index is 0.00000338. The van der Waals surface area contributed by atoms with Gasteiger partial charge in [0, 0.05) is 25.2 Å². The van der Waals surface area contributed by atoms with Crippen molar-refractivity contribution in [1.82, 2.24) is 15.4 Å². The lowest BCUT2D eigenvalue weighted by Gasteiger charge is -2.25. The lowest BCUT2D eigenvalue weighted by Crippen LogP contribution is -2.42. The maximum Gasteiger partial charge on any atom is 0.213 e. The van der Waals surface area contributed by atoms with Crippen LogP contribution >= 0.6 is 35.6 Å². The number of hydrogen-bond donors (Lipinski definition) is 3. The van der Waals surface area contributed by atoms with Crippen LogP contribution in [0.1, 0.15) is 37.8 Å². The average molecular weight is 515 g/mol. The fourth-order valence-electron chi connectivity index (χ4n) is 2.62. The first-order valence-electron chi connectivity index (χ1n) is 8.60. The van der Waals surface area contributed by atoms with E-state index in [0.717, 1.165) is 18.4 Å². The van der Waals surface area contributed by atoms with Crippen LogP contribution in [0, 0.1) is 5.92 Å². The Kier molecular flexibility index (Phi) is 10.2. The molecule has 0 amide bonds. The third-order valence-electron chi connectivity index (χ3n) is 4.43. The molecule has 1 aliphatic rings. The second-order valence-electron chi connectivity index (χ2n) is 6.35. The fraction of sp³-hybridized carbons (Fsp3) is 0.588. The quantitative estimate of drug-likeness (QED) is 0.283. The van der Waals surface area contributed by atoms with Crippen LogP contribution in [0.2, 0.25) is 5.02 Å². The van der Waals surface area contributed by atoms with E-state index in [1.165, 1.54) is 6.42 Å². The van der Waals surface area contributed by atoms with Gasteiger partial charge in [0.15, 0.2) is 5.96 Å². The molecule has 1 aromatic carbocycles. The SMILES string of the molecule is CN=C(NCCS(=O)(=O)NCC1CCC1)NC(C)c1ccccc1Cl.I. The van der Waals surface area contributed by atoms with E-state index in [1.807, 2.05) is 31.2 Å². The van der Waals surface area contributed by atoms with E-state index in [2.05, 4.69) is 20.3 Å². The predicted octanol–water partition coefficient (Wildman–Crippen LogP) is 2.90. The Labute approximate surface area is 178 Å². The van der Waals surface area contributed by atoms with Crippen molar-refractivity contribution in [3.05, 3.63) is 34.9 Å². The molecule has 0 saturated heterocycles. The van der Waals surface area contributed by atoms with Crippen molar-refractivity contribution in [3.63, 3.8) is 0 Å². The molecule has 9 heteroatoms. The summed E-state index contributed by atoms with van der Waals surface area (Å²) in [5.74, 6) is 1.07. The van der Waals surface area contributed by atoms with Gasteiger partial charge in [-0.05, 0) is 37.3 Å². The highest BCUT2D eigenvalue weighted by molar-refractivity contribution is 14.0. The van der Waals surface area contributed by atoms with Crippen LogP contribution in [0.15, 0.2) is 29.3 Å². The highest BCUT2D eigenvalue weighted by atomic mass is 127. The Morgan fingerprint density at radius 1 is 1.35 bits per heavy atom. The molecule has 2 rings (SSSR count). The number of nitrogens with one attached hydrogen (secondary N) is 3. The van der Waals surface area contributed by atoms with Crippen LogP contribution < -0.4 is 15.4 Å². The van der Waals surface area contributed by atoms with Crippen LogP contribution in [0.5, 0.6) is 0 Å². The Hall–Kier alpha value is -0.580. The molecular formula is C17H28ClIN4O2S. The van der Waals surface area contributed by atoms with Gasteiger partial charge in [0.05, 0.1) is 11.8 Å². The van der Waals surface area contributed by atoms with Crippen molar-refractivity contribution in [2.45, 2.75) is 32.2 Å². The molecule has 1 saturated carbocycles. The largest absolute Gasteiger partial charge is 0.355 e. The highest BCUT2D eigenvalue weighted by Crippen LogP contribution is 2.25. The first-order valence-corrected chi connectivity index (χ1v) is 10.6. The van der Waals surface area contributed by atoms with Gasteiger partial charge in [0.25, 0.3) is 0 Å². The molecule has 26 heavy (non-hydrogen) atoms. The van der Waals surface area contributed by atoms with E-state index < -0.39 is 10.0 Å². The number of benzene rings is 1. The zero-order chi connectivity index (χ0) is 18.3. The van der Waals surface area contributed by atoms with Crippen molar-refractivity contribution in [2.24, 2.45) is 10.9 Å². The van der Waals surface area contributed by atoms with E-state index in [-0.39, 0.29) is 42.3 Å². The molecule has 0 aromatic heterocycles. The maximum atomic E-state index is 12.0. The number of halogens is 2. The summed E-state index contributed by atoms with van der Waals surface area (Å²) in [5.41, 5.74) is 0.960. The van der Waals surface area contributed by atoms with E-state index >= 15 is 0 Å². The molecule has 0 spiro atoms. The fourth-order valence-corrected chi connectivity index (χ4v) is 3.93. The third-order valence-corrected chi connectivity index (χ3v) is 6.12. The summed E-state index contributed by atoms with van der Waals surface area (Å²) in [6.07, 6.45) is 3.45. The number of sulfonamides is 1. The number of aliphatic imine (C=N–C) groups is 1. The molecule has 1 unspecified atom stereocenters. The summed E-state index contributed by atoms with van der Waals surface area (Å²) in [6, 6.07) is 7.55. The molecule has 3 N–H and O–H groups in total. The monoisotopic (exact) mass is 514 g/mol. The molecular weight excluding hydrogens is 487 g/mol. The highest BCUT2D eigenvalue weighted by Gasteiger charge is 2.20. The zero-order valence-corrected chi connectivity index (χ0v) is 19.1. The summed E-state index contributed by atoms with van der Waals surface area (Å²) in [4.78, 5) is 4.14. The number of nitrogens with zero attached hydrogens (tertiary/aromatic N) is 1. The summed E-state index contributed by atoms with van der Waals surface area (Å²) in [5, 5.41) is 6.94. The molecule has 0 radical (unpaired) electrons. The maximum absolute atomic E-state index is 12.0. The van der Waals surface area contributed by atoms with Crippen LogP contribution in [0.25, 0.3) is 0 Å². The topological polar surface area (TPSA) is 82.6 Å². The molecule has 1 aliphatic carbocycles. The van der Waals surface area contributed by atoms with Gasteiger partial charge in [-0.2, -0.15) is 0 Å². The molecule has 1 fully saturated rings. The Morgan fingerprint density at radius 2 is 2.04 bits per heavy atom. The van der Waals surface area contributed by atoms with Gasteiger partial charge in [-0.3, -0.25) is 4.99 Å². The lowest BCUT2D eigenvalue weighted by molar-refractivity contribution is 0.316. The minimum atomic E-state index is -3.26. The number of rotatable bonds is 8. The molecule has 1 aromatic rings. The lowest BCUT2D eigenvalue weighted by atomic mass is 9.86. The van der Waals surface area contributed by atoms with Gasteiger partial charge in [0.2, 0.25) is 10.0 Å².